The van der Waals surface area contributed by atoms with Gasteiger partial charge in [0, 0.05) is 32.3 Å². The standard InChI is InChI=1S/C19H19NO5/c1-22-19(23-2)15-10-7-8-24-16(10)12(17(19)21)9-11(15)18-20-13-5-3-4-6-14(13)25-18/h3-6,9-10,12,15-16H,7-8H2,1-2H3/t10-,12-,15+,16-/m0/s1. The van der Waals surface area contributed by atoms with Crippen molar-refractivity contribution < 1.29 is 23.4 Å². The third-order valence-corrected chi connectivity index (χ3v) is 5.86. The van der Waals surface area contributed by atoms with E-state index in [2.05, 4.69) is 4.98 Å². The normalized spacial score (nSPS) is 32.9. The van der Waals surface area contributed by atoms with Crippen LogP contribution < -0.4 is 0 Å². The molecule has 0 amide bonds. The number of para-hydroxylation sites is 2. The molecule has 0 N–H and O–H groups in total. The fraction of sp³-hybridized carbons (Fsp3) is 0.474. The number of hydrogen-bond acceptors (Lipinski definition) is 6. The van der Waals surface area contributed by atoms with E-state index >= 15 is 0 Å². The maximum Gasteiger partial charge on any atom is 0.236 e. The van der Waals surface area contributed by atoms with Gasteiger partial charge >= 0.3 is 0 Å². The molecule has 3 aliphatic carbocycles. The Kier molecular flexibility index (Phi) is 3.20. The molecule has 6 heteroatoms. The van der Waals surface area contributed by atoms with E-state index in [0.717, 1.165) is 23.1 Å². The number of ether oxygens (including phenoxy) is 3. The second kappa shape index (κ2) is 5.24. The first-order chi connectivity index (χ1) is 12.2. The Balaban J connectivity index is 1.70. The van der Waals surface area contributed by atoms with Crippen LogP contribution in [0, 0.1) is 17.8 Å². The molecule has 1 saturated carbocycles. The number of aromatic nitrogens is 1. The van der Waals surface area contributed by atoms with E-state index in [1.54, 1.807) is 0 Å². The molecule has 1 aliphatic heterocycles. The predicted molar refractivity (Wildman–Crippen MR) is 88.6 cm³/mol. The Bertz CT molecular complexity index is 848. The average molecular weight is 341 g/mol. The molecule has 0 unspecified atom stereocenters. The van der Waals surface area contributed by atoms with Gasteiger partial charge in [-0.15, -0.1) is 0 Å². The summed E-state index contributed by atoms with van der Waals surface area (Å²) in [5.74, 6) is -1.39. The van der Waals surface area contributed by atoms with Crippen LogP contribution in [0.3, 0.4) is 0 Å². The molecular formula is C19H19NO5. The van der Waals surface area contributed by atoms with Crippen molar-refractivity contribution >= 4 is 22.5 Å². The van der Waals surface area contributed by atoms with Gasteiger partial charge in [0.1, 0.15) is 5.52 Å². The summed E-state index contributed by atoms with van der Waals surface area (Å²) >= 11 is 0. The summed E-state index contributed by atoms with van der Waals surface area (Å²) in [7, 11) is 3.05. The van der Waals surface area contributed by atoms with Gasteiger partial charge in [0.05, 0.1) is 17.9 Å². The van der Waals surface area contributed by atoms with Gasteiger partial charge in [-0.1, -0.05) is 18.2 Å². The Labute approximate surface area is 144 Å². The molecular weight excluding hydrogens is 322 g/mol. The van der Waals surface area contributed by atoms with E-state index in [9.17, 15) is 4.79 Å². The zero-order valence-corrected chi connectivity index (χ0v) is 14.1. The molecule has 2 bridgehead atoms. The summed E-state index contributed by atoms with van der Waals surface area (Å²) in [4.78, 5) is 17.7. The van der Waals surface area contributed by atoms with E-state index in [1.165, 1.54) is 14.2 Å². The summed E-state index contributed by atoms with van der Waals surface area (Å²) in [5, 5.41) is 0. The van der Waals surface area contributed by atoms with Crippen LogP contribution in [-0.4, -0.2) is 43.5 Å². The lowest BCUT2D eigenvalue weighted by Crippen LogP contribution is -2.64. The molecule has 4 aliphatic rings. The number of oxazole rings is 1. The molecule has 2 heterocycles. The minimum absolute atomic E-state index is 0.0782. The SMILES string of the molecule is COC1(OC)C(=O)[C@H]2C=C(c3nc4ccccc4o3)[C@H]1[C@@H]1CCO[C@@H]12. The molecule has 1 aromatic carbocycles. The summed E-state index contributed by atoms with van der Waals surface area (Å²) in [5.41, 5.74) is 2.41. The Morgan fingerprint density at radius 3 is 2.80 bits per heavy atom. The lowest BCUT2D eigenvalue weighted by molar-refractivity contribution is -0.248. The number of benzene rings is 1. The van der Waals surface area contributed by atoms with Crippen molar-refractivity contribution in [2.24, 2.45) is 17.8 Å². The van der Waals surface area contributed by atoms with Crippen LogP contribution in [-0.2, 0) is 19.0 Å². The van der Waals surface area contributed by atoms with Crippen molar-refractivity contribution in [1.82, 2.24) is 4.98 Å². The fourth-order valence-electron chi connectivity index (χ4n) is 4.81. The molecule has 4 atom stereocenters. The van der Waals surface area contributed by atoms with Gasteiger partial charge < -0.3 is 18.6 Å². The Morgan fingerprint density at radius 2 is 2.04 bits per heavy atom. The van der Waals surface area contributed by atoms with Crippen molar-refractivity contribution in [2.75, 3.05) is 20.8 Å². The smallest absolute Gasteiger partial charge is 0.236 e. The first-order valence-corrected chi connectivity index (χ1v) is 8.53. The number of rotatable bonds is 3. The lowest BCUT2D eigenvalue weighted by Gasteiger charge is -2.51. The minimum Gasteiger partial charge on any atom is -0.436 e. The highest BCUT2D eigenvalue weighted by Gasteiger charge is 2.66. The highest BCUT2D eigenvalue weighted by atomic mass is 16.7. The molecule has 1 aromatic heterocycles. The number of hydrogen-bond donors (Lipinski definition) is 0. The van der Waals surface area contributed by atoms with Crippen molar-refractivity contribution in [3.05, 3.63) is 36.2 Å². The van der Waals surface area contributed by atoms with Crippen LogP contribution in [0.2, 0.25) is 0 Å². The molecule has 0 radical (unpaired) electrons. The molecule has 0 spiro atoms. The third kappa shape index (κ3) is 1.84. The number of fused-ring (bicyclic) bond motifs is 2. The van der Waals surface area contributed by atoms with Crippen molar-refractivity contribution in [2.45, 2.75) is 18.3 Å². The largest absolute Gasteiger partial charge is 0.436 e. The Morgan fingerprint density at radius 1 is 1.24 bits per heavy atom. The second-order valence-electron chi connectivity index (χ2n) is 6.84. The van der Waals surface area contributed by atoms with Crippen LogP contribution >= 0.6 is 0 Å². The number of Topliss-reactive ketones (excluding diaryl/α,β-unsaturated/α-hetero) is 1. The van der Waals surface area contributed by atoms with Gasteiger partial charge in [-0.2, -0.15) is 0 Å². The Hall–Kier alpha value is -2.02. The van der Waals surface area contributed by atoms with Crippen molar-refractivity contribution in [3.63, 3.8) is 0 Å². The van der Waals surface area contributed by atoms with Gasteiger partial charge in [-0.05, 0) is 18.6 Å². The number of nitrogens with zero attached hydrogens (tertiary/aromatic N) is 1. The minimum atomic E-state index is -1.30. The van der Waals surface area contributed by atoms with Gasteiger partial charge in [0.25, 0.3) is 0 Å². The number of carbonyl (C=O) groups excluding carboxylic acids is 1. The third-order valence-electron chi connectivity index (χ3n) is 5.86. The molecule has 25 heavy (non-hydrogen) atoms. The summed E-state index contributed by atoms with van der Waals surface area (Å²) in [6.07, 6.45) is 2.70. The van der Waals surface area contributed by atoms with E-state index in [-0.39, 0.29) is 23.7 Å². The zero-order valence-electron chi connectivity index (χ0n) is 14.1. The van der Waals surface area contributed by atoms with Crippen LogP contribution in [0.5, 0.6) is 0 Å². The van der Waals surface area contributed by atoms with Gasteiger partial charge in [0.15, 0.2) is 5.58 Å². The first-order valence-electron chi connectivity index (χ1n) is 8.53. The van der Waals surface area contributed by atoms with Crippen LogP contribution in [0.25, 0.3) is 16.7 Å². The quantitative estimate of drug-likeness (QED) is 0.799. The summed E-state index contributed by atoms with van der Waals surface area (Å²) in [6, 6.07) is 7.64. The van der Waals surface area contributed by atoms with Crippen LogP contribution in [0.1, 0.15) is 12.3 Å². The van der Waals surface area contributed by atoms with Gasteiger partial charge in [0.2, 0.25) is 17.5 Å². The lowest BCUT2D eigenvalue weighted by atomic mass is 9.59. The first kappa shape index (κ1) is 15.3. The average Bonchev–Trinajstić information content (AvgIpc) is 3.29. The topological polar surface area (TPSA) is 70.8 Å². The van der Waals surface area contributed by atoms with Crippen molar-refractivity contribution in [3.8, 4) is 0 Å². The molecule has 1 saturated heterocycles. The monoisotopic (exact) mass is 341 g/mol. The second-order valence-corrected chi connectivity index (χ2v) is 6.84. The van der Waals surface area contributed by atoms with Crippen LogP contribution in [0.4, 0.5) is 0 Å². The predicted octanol–water partition coefficient (Wildman–Crippen LogP) is 2.43. The highest BCUT2D eigenvalue weighted by Crippen LogP contribution is 2.56. The van der Waals surface area contributed by atoms with E-state index < -0.39 is 11.7 Å². The number of methoxy groups -OCH3 is 2. The zero-order chi connectivity index (χ0) is 17.2. The van der Waals surface area contributed by atoms with Gasteiger partial charge in [-0.25, -0.2) is 4.98 Å². The van der Waals surface area contributed by atoms with E-state index in [0.29, 0.717) is 12.5 Å². The number of ketones is 1. The van der Waals surface area contributed by atoms with Gasteiger partial charge in [-0.3, -0.25) is 4.79 Å². The highest BCUT2D eigenvalue weighted by molar-refractivity contribution is 5.98. The molecule has 130 valence electrons. The molecule has 6 nitrogen and oxygen atoms in total. The van der Waals surface area contributed by atoms with E-state index in [1.807, 2.05) is 30.3 Å². The molecule has 2 aromatic rings. The van der Waals surface area contributed by atoms with E-state index in [4.69, 9.17) is 18.6 Å². The maximum atomic E-state index is 13.0. The number of carbonyl (C=O) groups is 1. The summed E-state index contributed by atoms with van der Waals surface area (Å²) < 4.78 is 23.2. The molecule has 6 rings (SSSR count). The maximum absolute atomic E-state index is 13.0. The van der Waals surface area contributed by atoms with Crippen molar-refractivity contribution in [1.29, 1.82) is 0 Å². The molecule has 2 fully saturated rings. The summed E-state index contributed by atoms with van der Waals surface area (Å²) in [6.45, 7) is 0.647. The fourth-order valence-corrected chi connectivity index (χ4v) is 4.81. The van der Waals surface area contributed by atoms with Crippen LogP contribution in [0.15, 0.2) is 34.8 Å².